The third kappa shape index (κ3) is 5.39. The number of aliphatic hydroxyl groups is 1. The summed E-state index contributed by atoms with van der Waals surface area (Å²) in [6.45, 7) is 8.51. The Morgan fingerprint density at radius 2 is 2.04 bits per heavy atom. The zero-order chi connectivity index (χ0) is 17.0. The quantitative estimate of drug-likeness (QED) is 0.926. The summed E-state index contributed by atoms with van der Waals surface area (Å²) in [5.41, 5.74) is 0.302. The van der Waals surface area contributed by atoms with E-state index < -0.39 is 11.7 Å². The van der Waals surface area contributed by atoms with Crippen LogP contribution >= 0.6 is 0 Å². The van der Waals surface area contributed by atoms with E-state index in [-0.39, 0.29) is 12.2 Å². The minimum absolute atomic E-state index is 0.0189. The molecular weight excluding hydrogens is 296 g/mol. The van der Waals surface area contributed by atoms with E-state index in [0.29, 0.717) is 19.0 Å². The van der Waals surface area contributed by atoms with Crippen LogP contribution in [0.25, 0.3) is 0 Å². The largest absolute Gasteiger partial charge is 0.474 e. The Labute approximate surface area is 137 Å². The summed E-state index contributed by atoms with van der Waals surface area (Å²) in [5.74, 6) is 0.513. The van der Waals surface area contributed by atoms with E-state index in [2.05, 4.69) is 4.98 Å². The molecule has 6 heteroatoms. The summed E-state index contributed by atoms with van der Waals surface area (Å²) in [6.07, 6.45) is 2.30. The van der Waals surface area contributed by atoms with Gasteiger partial charge in [-0.3, -0.25) is 0 Å². The maximum Gasteiger partial charge on any atom is 0.410 e. The van der Waals surface area contributed by atoms with Gasteiger partial charge in [0, 0.05) is 38.2 Å². The number of ether oxygens (including phenoxy) is 2. The van der Waals surface area contributed by atoms with E-state index in [4.69, 9.17) is 9.47 Å². The molecule has 1 aliphatic rings. The Balaban J connectivity index is 1.85. The maximum atomic E-state index is 12.0. The van der Waals surface area contributed by atoms with Crippen LogP contribution in [-0.4, -0.2) is 45.9 Å². The lowest BCUT2D eigenvalue weighted by molar-refractivity contribution is 0.0122. The summed E-state index contributed by atoms with van der Waals surface area (Å²) in [6, 6.07) is 3.52. The molecule has 2 heterocycles. The molecule has 0 spiro atoms. The molecule has 1 fully saturated rings. The molecular formula is C17H26N2O4. The molecule has 0 unspecified atom stereocenters. The number of rotatable bonds is 3. The van der Waals surface area contributed by atoms with Gasteiger partial charge in [-0.15, -0.1) is 0 Å². The Kier molecular flexibility index (Phi) is 5.46. The number of aliphatic hydroxyl groups excluding tert-OH is 1. The highest BCUT2D eigenvalue weighted by Gasteiger charge is 2.27. The molecule has 0 aliphatic carbocycles. The Morgan fingerprint density at radius 1 is 1.39 bits per heavy atom. The first-order chi connectivity index (χ1) is 10.7. The minimum atomic E-state index is -0.547. The number of carbonyl (C=O) groups excluding carboxylic acids is 1. The van der Waals surface area contributed by atoms with Crippen LogP contribution in [0.2, 0.25) is 0 Å². The van der Waals surface area contributed by atoms with Gasteiger partial charge in [0.1, 0.15) is 11.7 Å². The number of amides is 1. The fourth-order valence-electron chi connectivity index (χ4n) is 2.40. The summed E-state index contributed by atoms with van der Waals surface area (Å²) < 4.78 is 11.3. The maximum absolute atomic E-state index is 12.0. The lowest BCUT2D eigenvalue weighted by atomic mass is 10.1. The molecule has 0 radical (unpaired) electrons. The van der Waals surface area contributed by atoms with E-state index in [1.165, 1.54) is 0 Å². The fourth-order valence-corrected chi connectivity index (χ4v) is 2.40. The van der Waals surface area contributed by atoms with Crippen LogP contribution in [0.3, 0.4) is 0 Å². The van der Waals surface area contributed by atoms with Crippen molar-refractivity contribution < 1.29 is 19.4 Å². The van der Waals surface area contributed by atoms with Gasteiger partial charge in [-0.05, 0) is 39.3 Å². The van der Waals surface area contributed by atoms with Gasteiger partial charge in [0.25, 0.3) is 0 Å². The van der Waals surface area contributed by atoms with E-state index >= 15 is 0 Å². The predicted octanol–water partition coefficient (Wildman–Crippen LogP) is 2.91. The van der Waals surface area contributed by atoms with E-state index in [0.717, 1.165) is 18.4 Å². The van der Waals surface area contributed by atoms with Crippen molar-refractivity contribution in [1.29, 1.82) is 0 Å². The van der Waals surface area contributed by atoms with Crippen molar-refractivity contribution in [3.63, 3.8) is 0 Å². The van der Waals surface area contributed by atoms with Crippen LogP contribution in [0.1, 0.15) is 52.2 Å². The lowest BCUT2D eigenvalue weighted by Crippen LogP contribution is -2.44. The normalized spacial score (nSPS) is 17.7. The van der Waals surface area contributed by atoms with Crippen molar-refractivity contribution in [2.75, 3.05) is 13.1 Å². The number of nitrogens with zero attached hydrogens (tertiary/aromatic N) is 2. The second-order valence-corrected chi connectivity index (χ2v) is 6.89. The van der Waals surface area contributed by atoms with Crippen LogP contribution in [0.4, 0.5) is 4.79 Å². The monoisotopic (exact) mass is 322 g/mol. The highest BCUT2D eigenvalue weighted by molar-refractivity contribution is 5.68. The standard InChI is InChI=1S/C17H26N2O4/c1-12(20)13-5-8-18-15(11-13)22-14-6-9-19(10-7-14)16(21)23-17(2,3)4/h5,8,11-12,14,20H,6-7,9-10H2,1-4H3/t12-/m1/s1. The number of aromatic nitrogens is 1. The van der Waals surface area contributed by atoms with Gasteiger partial charge < -0.3 is 19.5 Å². The molecule has 0 aromatic carbocycles. The van der Waals surface area contributed by atoms with Crippen LogP contribution < -0.4 is 4.74 Å². The van der Waals surface area contributed by atoms with E-state index in [9.17, 15) is 9.90 Å². The molecule has 128 valence electrons. The number of carbonyl (C=O) groups is 1. The van der Waals surface area contributed by atoms with Crippen molar-refractivity contribution in [3.05, 3.63) is 23.9 Å². The molecule has 0 bridgehead atoms. The Morgan fingerprint density at radius 3 is 2.61 bits per heavy atom. The van der Waals surface area contributed by atoms with Gasteiger partial charge in [-0.25, -0.2) is 9.78 Å². The molecule has 1 aromatic rings. The average Bonchev–Trinajstić information content (AvgIpc) is 2.46. The van der Waals surface area contributed by atoms with Crippen LogP contribution in [-0.2, 0) is 4.74 Å². The van der Waals surface area contributed by atoms with Crippen molar-refractivity contribution in [1.82, 2.24) is 9.88 Å². The third-order valence-corrected chi connectivity index (χ3v) is 3.62. The SMILES string of the molecule is C[C@@H](O)c1ccnc(OC2CCN(C(=O)OC(C)(C)C)CC2)c1. The van der Waals surface area contributed by atoms with Gasteiger partial charge in [-0.2, -0.15) is 0 Å². The van der Waals surface area contributed by atoms with E-state index in [1.54, 1.807) is 30.2 Å². The zero-order valence-corrected chi connectivity index (χ0v) is 14.3. The summed E-state index contributed by atoms with van der Waals surface area (Å²) in [4.78, 5) is 17.9. The smallest absolute Gasteiger partial charge is 0.410 e. The fraction of sp³-hybridized carbons (Fsp3) is 0.647. The van der Waals surface area contributed by atoms with Gasteiger partial charge >= 0.3 is 6.09 Å². The van der Waals surface area contributed by atoms with Crippen LogP contribution in [0.5, 0.6) is 5.88 Å². The second-order valence-electron chi connectivity index (χ2n) is 6.89. The molecule has 1 N–H and O–H groups in total. The molecule has 1 amide bonds. The predicted molar refractivity (Wildman–Crippen MR) is 86.3 cm³/mol. The van der Waals surface area contributed by atoms with Gasteiger partial charge in [0.15, 0.2) is 0 Å². The molecule has 1 aliphatic heterocycles. The van der Waals surface area contributed by atoms with E-state index in [1.807, 2.05) is 20.8 Å². The van der Waals surface area contributed by atoms with Crippen molar-refractivity contribution in [2.45, 2.75) is 58.3 Å². The number of hydrogen-bond acceptors (Lipinski definition) is 5. The molecule has 1 saturated heterocycles. The van der Waals surface area contributed by atoms with Crippen molar-refractivity contribution >= 4 is 6.09 Å². The minimum Gasteiger partial charge on any atom is -0.474 e. The molecule has 1 atom stereocenters. The molecule has 1 aromatic heterocycles. The van der Waals surface area contributed by atoms with Gasteiger partial charge in [0.05, 0.1) is 6.10 Å². The first-order valence-electron chi connectivity index (χ1n) is 8.03. The van der Waals surface area contributed by atoms with Crippen LogP contribution in [0.15, 0.2) is 18.3 Å². The van der Waals surface area contributed by atoms with Crippen LogP contribution in [0, 0.1) is 0 Å². The first kappa shape index (κ1) is 17.5. The summed E-state index contributed by atoms with van der Waals surface area (Å²) in [7, 11) is 0. The number of piperidine rings is 1. The number of pyridine rings is 1. The highest BCUT2D eigenvalue weighted by atomic mass is 16.6. The number of likely N-dealkylation sites (tertiary alicyclic amines) is 1. The Hall–Kier alpha value is -1.82. The molecule has 23 heavy (non-hydrogen) atoms. The molecule has 2 rings (SSSR count). The Bertz CT molecular complexity index is 532. The molecule has 0 saturated carbocycles. The zero-order valence-electron chi connectivity index (χ0n) is 14.3. The van der Waals surface area contributed by atoms with Crippen molar-refractivity contribution in [3.8, 4) is 5.88 Å². The van der Waals surface area contributed by atoms with Gasteiger partial charge in [0.2, 0.25) is 5.88 Å². The third-order valence-electron chi connectivity index (χ3n) is 3.62. The lowest BCUT2D eigenvalue weighted by Gasteiger charge is -2.33. The second kappa shape index (κ2) is 7.17. The van der Waals surface area contributed by atoms with Gasteiger partial charge in [-0.1, -0.05) is 0 Å². The summed E-state index contributed by atoms with van der Waals surface area (Å²) in [5, 5.41) is 9.60. The topological polar surface area (TPSA) is 71.9 Å². The number of hydrogen-bond donors (Lipinski definition) is 1. The average molecular weight is 322 g/mol. The molecule has 6 nitrogen and oxygen atoms in total. The highest BCUT2D eigenvalue weighted by Crippen LogP contribution is 2.21. The summed E-state index contributed by atoms with van der Waals surface area (Å²) >= 11 is 0. The first-order valence-corrected chi connectivity index (χ1v) is 8.03. The van der Waals surface area contributed by atoms with Crippen molar-refractivity contribution in [2.24, 2.45) is 0 Å².